The first-order valence-corrected chi connectivity index (χ1v) is 7.58. The fourth-order valence-corrected chi connectivity index (χ4v) is 2.76. The van der Waals surface area contributed by atoms with Gasteiger partial charge in [-0.1, -0.05) is 30.3 Å². The van der Waals surface area contributed by atoms with Gasteiger partial charge in [0.15, 0.2) is 11.6 Å². The van der Waals surface area contributed by atoms with Crippen LogP contribution in [0.2, 0.25) is 0 Å². The largest absolute Gasteiger partial charge is 0.294 e. The maximum atomic E-state index is 11.8. The first-order chi connectivity index (χ1) is 11.7. The van der Waals surface area contributed by atoms with Crippen molar-refractivity contribution in [3.8, 4) is 16.9 Å². The third kappa shape index (κ3) is 2.36. The molecule has 24 heavy (non-hydrogen) atoms. The standard InChI is InChI=1S/C19H14N4O/c1-13(24)18-11-21-19(17-7-3-2-6-16(17)18)23-12-15(10-22-23)14-5-4-8-20-9-14/h2-12H,1H3. The molecule has 4 rings (SSSR count). The number of Topliss-reactive ketones (excluding diaryl/α,β-unsaturated/α-hetero) is 1. The Morgan fingerprint density at radius 1 is 0.958 bits per heavy atom. The van der Waals surface area contributed by atoms with Gasteiger partial charge >= 0.3 is 0 Å². The van der Waals surface area contributed by atoms with Crippen molar-refractivity contribution in [2.45, 2.75) is 6.92 Å². The number of benzene rings is 1. The molecule has 1 aromatic carbocycles. The van der Waals surface area contributed by atoms with Crippen LogP contribution in [0.25, 0.3) is 27.7 Å². The van der Waals surface area contributed by atoms with Crippen LogP contribution in [-0.2, 0) is 0 Å². The highest BCUT2D eigenvalue weighted by atomic mass is 16.1. The van der Waals surface area contributed by atoms with Gasteiger partial charge in [-0.25, -0.2) is 9.67 Å². The summed E-state index contributed by atoms with van der Waals surface area (Å²) >= 11 is 0. The van der Waals surface area contributed by atoms with Gasteiger partial charge in [-0.15, -0.1) is 0 Å². The van der Waals surface area contributed by atoms with E-state index in [1.54, 1.807) is 36.4 Å². The van der Waals surface area contributed by atoms with Crippen molar-refractivity contribution >= 4 is 16.6 Å². The van der Waals surface area contributed by atoms with Crippen molar-refractivity contribution in [3.63, 3.8) is 0 Å². The normalized spacial score (nSPS) is 10.9. The van der Waals surface area contributed by atoms with Crippen LogP contribution in [0.5, 0.6) is 0 Å². The summed E-state index contributed by atoms with van der Waals surface area (Å²) in [7, 11) is 0. The summed E-state index contributed by atoms with van der Waals surface area (Å²) in [5.41, 5.74) is 2.58. The Hall–Kier alpha value is -3.34. The van der Waals surface area contributed by atoms with Crippen LogP contribution in [-0.4, -0.2) is 25.5 Å². The van der Waals surface area contributed by atoms with Gasteiger partial charge in [-0.05, 0) is 18.4 Å². The van der Waals surface area contributed by atoms with Gasteiger partial charge in [0.2, 0.25) is 0 Å². The van der Waals surface area contributed by atoms with Crippen LogP contribution in [0.1, 0.15) is 17.3 Å². The Kier molecular flexibility index (Phi) is 3.39. The molecule has 0 aliphatic heterocycles. The van der Waals surface area contributed by atoms with Gasteiger partial charge in [0, 0.05) is 46.9 Å². The van der Waals surface area contributed by atoms with E-state index < -0.39 is 0 Å². The average molecular weight is 314 g/mol. The molecule has 5 heteroatoms. The maximum Gasteiger partial charge on any atom is 0.161 e. The highest BCUT2D eigenvalue weighted by molar-refractivity contribution is 6.08. The highest BCUT2D eigenvalue weighted by Crippen LogP contribution is 2.25. The molecule has 0 amide bonds. The molecule has 0 spiro atoms. The van der Waals surface area contributed by atoms with Gasteiger partial charge in [0.05, 0.1) is 6.20 Å². The average Bonchev–Trinajstić information content (AvgIpc) is 3.11. The molecule has 0 N–H and O–H groups in total. The van der Waals surface area contributed by atoms with Crippen molar-refractivity contribution in [3.05, 3.63) is 72.9 Å². The SMILES string of the molecule is CC(=O)c1cnc(-n2cc(-c3cccnc3)cn2)c2ccccc12. The van der Waals surface area contributed by atoms with Crippen LogP contribution in [0.15, 0.2) is 67.4 Å². The highest BCUT2D eigenvalue weighted by Gasteiger charge is 2.12. The molecule has 0 saturated heterocycles. The van der Waals surface area contributed by atoms with Crippen molar-refractivity contribution < 1.29 is 4.79 Å². The molecular formula is C19H14N4O. The minimum Gasteiger partial charge on any atom is -0.294 e. The molecule has 0 fully saturated rings. The van der Waals surface area contributed by atoms with E-state index in [-0.39, 0.29) is 5.78 Å². The number of fused-ring (bicyclic) bond motifs is 1. The first kappa shape index (κ1) is 14.3. The van der Waals surface area contributed by atoms with E-state index in [1.807, 2.05) is 42.6 Å². The molecule has 5 nitrogen and oxygen atoms in total. The number of hydrogen-bond donors (Lipinski definition) is 0. The zero-order chi connectivity index (χ0) is 16.5. The van der Waals surface area contributed by atoms with Crippen LogP contribution in [0.3, 0.4) is 0 Å². The molecule has 0 atom stereocenters. The summed E-state index contributed by atoms with van der Waals surface area (Å²) in [6.45, 7) is 1.55. The zero-order valence-corrected chi connectivity index (χ0v) is 13.0. The minimum atomic E-state index is 0.00163. The smallest absolute Gasteiger partial charge is 0.161 e. The van der Waals surface area contributed by atoms with E-state index in [1.165, 1.54) is 0 Å². The minimum absolute atomic E-state index is 0.00163. The molecule has 0 aliphatic rings. The number of ketones is 1. The summed E-state index contributed by atoms with van der Waals surface area (Å²) in [5, 5.41) is 6.21. The van der Waals surface area contributed by atoms with Crippen molar-refractivity contribution in [1.29, 1.82) is 0 Å². The van der Waals surface area contributed by atoms with Gasteiger partial charge < -0.3 is 0 Å². The lowest BCUT2D eigenvalue weighted by atomic mass is 10.0. The Labute approximate surface area is 138 Å². The summed E-state index contributed by atoms with van der Waals surface area (Å²) in [6, 6.07) is 11.6. The van der Waals surface area contributed by atoms with Crippen molar-refractivity contribution in [2.75, 3.05) is 0 Å². The third-order valence-corrected chi connectivity index (χ3v) is 3.95. The van der Waals surface area contributed by atoms with E-state index in [0.29, 0.717) is 11.4 Å². The molecule has 0 aliphatic carbocycles. The molecule has 0 bridgehead atoms. The fraction of sp³-hybridized carbons (Fsp3) is 0.0526. The molecular weight excluding hydrogens is 300 g/mol. The lowest BCUT2D eigenvalue weighted by Gasteiger charge is -2.08. The monoisotopic (exact) mass is 314 g/mol. The molecule has 116 valence electrons. The predicted molar refractivity (Wildman–Crippen MR) is 92.1 cm³/mol. The van der Waals surface area contributed by atoms with Gasteiger partial charge in [0.1, 0.15) is 0 Å². The van der Waals surface area contributed by atoms with E-state index >= 15 is 0 Å². The molecule has 0 radical (unpaired) electrons. The Morgan fingerprint density at radius 3 is 2.54 bits per heavy atom. The van der Waals surface area contributed by atoms with E-state index in [0.717, 1.165) is 21.9 Å². The number of pyridine rings is 2. The van der Waals surface area contributed by atoms with Gasteiger partial charge in [0.25, 0.3) is 0 Å². The topological polar surface area (TPSA) is 60.7 Å². The molecule has 0 saturated carbocycles. The molecule has 3 heterocycles. The lowest BCUT2D eigenvalue weighted by Crippen LogP contribution is -2.03. The molecule has 4 aromatic rings. The van der Waals surface area contributed by atoms with Crippen LogP contribution < -0.4 is 0 Å². The number of carbonyl (C=O) groups is 1. The van der Waals surface area contributed by atoms with Crippen LogP contribution >= 0.6 is 0 Å². The summed E-state index contributed by atoms with van der Waals surface area (Å²) in [5.74, 6) is 0.701. The summed E-state index contributed by atoms with van der Waals surface area (Å²) in [4.78, 5) is 20.4. The quantitative estimate of drug-likeness (QED) is 0.541. The first-order valence-electron chi connectivity index (χ1n) is 7.58. The number of nitrogens with zero attached hydrogens (tertiary/aromatic N) is 4. The maximum absolute atomic E-state index is 11.8. The fourth-order valence-electron chi connectivity index (χ4n) is 2.76. The van der Waals surface area contributed by atoms with E-state index in [9.17, 15) is 4.79 Å². The molecule has 3 aromatic heterocycles. The second-order valence-electron chi connectivity index (χ2n) is 5.51. The second-order valence-corrected chi connectivity index (χ2v) is 5.51. The van der Waals surface area contributed by atoms with E-state index in [2.05, 4.69) is 15.1 Å². The van der Waals surface area contributed by atoms with E-state index in [4.69, 9.17) is 0 Å². The number of rotatable bonds is 3. The zero-order valence-electron chi connectivity index (χ0n) is 13.0. The van der Waals surface area contributed by atoms with Crippen LogP contribution in [0, 0.1) is 0 Å². The lowest BCUT2D eigenvalue weighted by molar-refractivity contribution is 0.101. The summed E-state index contributed by atoms with van der Waals surface area (Å²) in [6.07, 6.45) is 8.85. The molecule has 0 unspecified atom stereocenters. The Bertz CT molecular complexity index is 1040. The third-order valence-electron chi connectivity index (χ3n) is 3.95. The Balaban J connectivity index is 1.88. The van der Waals surface area contributed by atoms with Crippen molar-refractivity contribution in [1.82, 2.24) is 19.7 Å². The van der Waals surface area contributed by atoms with Gasteiger partial charge in [-0.3, -0.25) is 9.78 Å². The predicted octanol–water partition coefficient (Wildman–Crippen LogP) is 3.69. The van der Waals surface area contributed by atoms with Gasteiger partial charge in [-0.2, -0.15) is 5.10 Å². The summed E-state index contributed by atoms with van der Waals surface area (Å²) < 4.78 is 1.73. The van der Waals surface area contributed by atoms with Crippen LogP contribution in [0.4, 0.5) is 0 Å². The Morgan fingerprint density at radius 2 is 1.79 bits per heavy atom. The number of hydrogen-bond acceptors (Lipinski definition) is 4. The van der Waals surface area contributed by atoms with Crippen molar-refractivity contribution in [2.24, 2.45) is 0 Å². The number of carbonyl (C=O) groups excluding carboxylic acids is 1. The number of aromatic nitrogens is 4. The second kappa shape index (κ2) is 5.70.